The highest BCUT2D eigenvalue weighted by molar-refractivity contribution is 5.95. The summed E-state index contributed by atoms with van der Waals surface area (Å²) in [5.41, 5.74) is -0.356. The molecule has 29 heavy (non-hydrogen) atoms. The van der Waals surface area contributed by atoms with E-state index in [0.29, 0.717) is 16.9 Å². The number of aliphatic hydroxyl groups is 1. The van der Waals surface area contributed by atoms with Crippen molar-refractivity contribution in [2.75, 3.05) is 0 Å². The molecule has 1 aliphatic heterocycles. The summed E-state index contributed by atoms with van der Waals surface area (Å²) < 4.78 is 45.5. The zero-order valence-electron chi connectivity index (χ0n) is 15.0. The average molecular weight is 403 g/mol. The summed E-state index contributed by atoms with van der Waals surface area (Å²) in [5.74, 6) is -0.562. The molecule has 0 saturated carbocycles. The highest BCUT2D eigenvalue weighted by Gasteiger charge is 2.63. The number of ether oxygens (including phenoxy) is 1. The molecule has 6 nitrogen and oxygen atoms in total. The number of benzene rings is 2. The van der Waals surface area contributed by atoms with Gasteiger partial charge in [-0.15, -0.1) is 0 Å². The molecule has 0 aliphatic carbocycles. The summed E-state index contributed by atoms with van der Waals surface area (Å²) in [7, 11) is 0. The molecule has 1 saturated heterocycles. The number of carbonyl (C=O) groups excluding carboxylic acids is 1. The van der Waals surface area contributed by atoms with Crippen molar-refractivity contribution in [3.63, 3.8) is 0 Å². The second-order valence-electron chi connectivity index (χ2n) is 6.47. The molecule has 1 atom stereocenters. The van der Waals surface area contributed by atoms with Crippen LogP contribution in [0, 0.1) is 11.3 Å². The molecule has 0 radical (unpaired) electrons. The van der Waals surface area contributed by atoms with Crippen molar-refractivity contribution in [2.24, 2.45) is 0 Å². The molecule has 150 valence electrons. The topological polar surface area (TPSA) is 85.6 Å². The number of hydrogen-bond acceptors (Lipinski definition) is 5. The first kappa shape index (κ1) is 20.2. The quantitative estimate of drug-likeness (QED) is 0.819. The number of hydrogen-bond donors (Lipinski definition) is 2. The van der Waals surface area contributed by atoms with E-state index in [4.69, 9.17) is 10.00 Å². The maximum absolute atomic E-state index is 13.3. The van der Waals surface area contributed by atoms with Crippen LogP contribution < -0.4 is 10.2 Å². The van der Waals surface area contributed by atoms with Crippen LogP contribution in [0.4, 0.5) is 13.2 Å². The maximum Gasteiger partial charge on any atom is 0.438 e. The number of rotatable bonds is 4. The standard InChI is InChI=1S/C20H16F3N3O3/c1-13-10-19(28,20(21,22)23)26(25-13)18(27)16-4-2-3-15(9-16)12-29-17-7-5-14(11-24)6-8-17/h2-9,25,28H,1,10,12H2. The molecule has 1 heterocycles. The summed E-state index contributed by atoms with van der Waals surface area (Å²) in [6, 6.07) is 14.2. The molecular weight excluding hydrogens is 387 g/mol. The number of halogens is 3. The molecule has 1 fully saturated rings. The van der Waals surface area contributed by atoms with E-state index in [1.165, 1.54) is 18.2 Å². The molecule has 2 aromatic carbocycles. The number of nitrogens with zero attached hydrogens (tertiary/aromatic N) is 2. The fourth-order valence-corrected chi connectivity index (χ4v) is 2.83. The van der Waals surface area contributed by atoms with E-state index in [2.05, 4.69) is 12.0 Å². The smallest absolute Gasteiger partial charge is 0.438 e. The molecule has 9 heteroatoms. The number of nitrogens with one attached hydrogen (secondary N) is 1. The van der Waals surface area contributed by atoms with Crippen molar-refractivity contribution in [3.05, 3.63) is 77.5 Å². The summed E-state index contributed by atoms with van der Waals surface area (Å²) in [4.78, 5) is 12.6. The van der Waals surface area contributed by atoms with Gasteiger partial charge in [-0.3, -0.25) is 10.2 Å². The minimum Gasteiger partial charge on any atom is -0.489 e. The first-order valence-corrected chi connectivity index (χ1v) is 8.44. The Bertz CT molecular complexity index is 983. The van der Waals surface area contributed by atoms with E-state index in [1.54, 1.807) is 30.3 Å². The molecular formula is C20H16F3N3O3. The summed E-state index contributed by atoms with van der Waals surface area (Å²) in [6.45, 7) is 3.43. The minimum absolute atomic E-state index is 0.0523. The Hall–Kier alpha value is -3.51. The third kappa shape index (κ3) is 4.02. The highest BCUT2D eigenvalue weighted by atomic mass is 19.4. The zero-order valence-corrected chi connectivity index (χ0v) is 15.0. The van der Waals surface area contributed by atoms with Gasteiger partial charge in [0.1, 0.15) is 12.4 Å². The molecule has 1 aliphatic rings. The monoisotopic (exact) mass is 403 g/mol. The SMILES string of the molecule is C=C1CC(O)(C(F)(F)F)N(C(=O)c2cccc(COc3ccc(C#N)cc3)c2)N1. The Kier molecular flexibility index (Phi) is 5.22. The van der Waals surface area contributed by atoms with E-state index in [0.717, 1.165) is 0 Å². The predicted octanol–water partition coefficient (Wildman–Crippen LogP) is 3.25. The molecule has 3 rings (SSSR count). The average Bonchev–Trinajstić information content (AvgIpc) is 3.02. The Morgan fingerprint density at radius 1 is 1.31 bits per heavy atom. The lowest BCUT2D eigenvalue weighted by Gasteiger charge is -2.33. The normalized spacial score (nSPS) is 18.9. The van der Waals surface area contributed by atoms with Gasteiger partial charge in [0.25, 0.3) is 11.6 Å². The van der Waals surface area contributed by atoms with Gasteiger partial charge >= 0.3 is 6.18 Å². The van der Waals surface area contributed by atoms with Gasteiger partial charge in [0.05, 0.1) is 11.6 Å². The molecule has 1 unspecified atom stereocenters. The number of amides is 1. The van der Waals surface area contributed by atoms with Crippen LogP contribution in [-0.2, 0) is 6.61 Å². The van der Waals surface area contributed by atoms with Crippen LogP contribution in [-0.4, -0.2) is 27.9 Å². The van der Waals surface area contributed by atoms with Crippen LogP contribution in [0.15, 0.2) is 60.8 Å². The molecule has 2 aromatic rings. The van der Waals surface area contributed by atoms with E-state index in [1.807, 2.05) is 6.07 Å². The molecule has 1 amide bonds. The van der Waals surface area contributed by atoms with Gasteiger partial charge in [-0.2, -0.15) is 18.4 Å². The fraction of sp³-hybridized carbons (Fsp3) is 0.200. The Labute approximate surface area is 164 Å². The van der Waals surface area contributed by atoms with E-state index >= 15 is 0 Å². The van der Waals surface area contributed by atoms with E-state index in [-0.39, 0.29) is 22.9 Å². The number of hydrazine groups is 1. The molecule has 0 aromatic heterocycles. The first-order chi connectivity index (χ1) is 13.6. The number of carbonyl (C=O) groups is 1. The third-order valence-electron chi connectivity index (χ3n) is 4.32. The van der Waals surface area contributed by atoms with Gasteiger partial charge in [-0.1, -0.05) is 18.7 Å². The summed E-state index contributed by atoms with van der Waals surface area (Å²) in [5, 5.41) is 19.0. The van der Waals surface area contributed by atoms with Gasteiger partial charge in [-0.05, 0) is 42.0 Å². The highest BCUT2D eigenvalue weighted by Crippen LogP contribution is 2.41. The number of alkyl halides is 3. The maximum atomic E-state index is 13.3. The lowest BCUT2D eigenvalue weighted by molar-refractivity contribution is -0.299. The van der Waals surface area contributed by atoms with Crippen LogP contribution in [0.5, 0.6) is 5.75 Å². The molecule has 0 bridgehead atoms. The van der Waals surface area contributed by atoms with E-state index in [9.17, 15) is 23.1 Å². The fourth-order valence-electron chi connectivity index (χ4n) is 2.83. The van der Waals surface area contributed by atoms with Crippen molar-refractivity contribution in [3.8, 4) is 11.8 Å². The van der Waals surface area contributed by atoms with Crippen molar-refractivity contribution < 1.29 is 27.8 Å². The predicted molar refractivity (Wildman–Crippen MR) is 96.0 cm³/mol. The van der Waals surface area contributed by atoms with Crippen LogP contribution in [0.25, 0.3) is 0 Å². The minimum atomic E-state index is -5.06. The Morgan fingerprint density at radius 3 is 2.62 bits per heavy atom. The van der Waals surface area contributed by atoms with Gasteiger partial charge < -0.3 is 9.84 Å². The molecule has 2 N–H and O–H groups in total. The summed E-state index contributed by atoms with van der Waals surface area (Å²) in [6.07, 6.45) is -5.92. The van der Waals surface area contributed by atoms with Crippen molar-refractivity contribution in [1.29, 1.82) is 5.26 Å². The van der Waals surface area contributed by atoms with Crippen LogP contribution in [0.2, 0.25) is 0 Å². The molecule has 0 spiro atoms. The largest absolute Gasteiger partial charge is 0.489 e. The van der Waals surface area contributed by atoms with Crippen LogP contribution in [0.1, 0.15) is 27.9 Å². The van der Waals surface area contributed by atoms with Crippen molar-refractivity contribution >= 4 is 5.91 Å². The second kappa shape index (κ2) is 7.48. The third-order valence-corrected chi connectivity index (χ3v) is 4.32. The van der Waals surface area contributed by atoms with Crippen molar-refractivity contribution in [1.82, 2.24) is 10.4 Å². The Balaban J connectivity index is 1.77. The number of nitriles is 1. The van der Waals surface area contributed by atoms with Crippen LogP contribution >= 0.6 is 0 Å². The van der Waals surface area contributed by atoms with Crippen LogP contribution in [0.3, 0.4) is 0 Å². The second-order valence-corrected chi connectivity index (χ2v) is 6.47. The van der Waals surface area contributed by atoms with E-state index < -0.39 is 24.2 Å². The summed E-state index contributed by atoms with van der Waals surface area (Å²) >= 11 is 0. The lowest BCUT2D eigenvalue weighted by atomic mass is 10.1. The zero-order chi connectivity index (χ0) is 21.2. The first-order valence-electron chi connectivity index (χ1n) is 8.44. The van der Waals surface area contributed by atoms with Crippen molar-refractivity contribution in [2.45, 2.75) is 24.9 Å². The lowest BCUT2D eigenvalue weighted by Crippen LogP contribution is -2.59. The van der Waals surface area contributed by atoms with Gasteiger partial charge in [-0.25, -0.2) is 5.01 Å². The van der Waals surface area contributed by atoms with Gasteiger partial charge in [0.2, 0.25) is 0 Å². The Morgan fingerprint density at radius 2 is 2.00 bits per heavy atom. The van der Waals surface area contributed by atoms with Gasteiger partial charge in [0.15, 0.2) is 0 Å². The van der Waals surface area contributed by atoms with Gasteiger partial charge in [0, 0.05) is 17.7 Å².